The SMILES string of the molecule is Cn1cncc1[C@@](C)(O)C1=Cc2cccnc2[C@@H](N2CCN(C(=O)Nc3ccc(C#N)cc3)CC2)c2ccc(Cl)cc21. The number of anilines is 1. The molecule has 1 aliphatic carbocycles. The first-order valence-electron chi connectivity index (χ1n) is 13.7. The van der Waals surface area contributed by atoms with E-state index in [1.165, 1.54) is 0 Å². The lowest BCUT2D eigenvalue weighted by atomic mass is 9.84. The second-order valence-electron chi connectivity index (χ2n) is 10.8. The van der Waals surface area contributed by atoms with E-state index >= 15 is 0 Å². The fourth-order valence-corrected chi connectivity index (χ4v) is 6.08. The maximum atomic E-state index is 13.0. The summed E-state index contributed by atoms with van der Waals surface area (Å²) in [7, 11) is 1.86. The third-order valence-corrected chi connectivity index (χ3v) is 8.34. The number of amides is 2. The smallest absolute Gasteiger partial charge is 0.321 e. The number of aliphatic hydroxyl groups is 1. The number of fused-ring (bicyclic) bond motifs is 2. The Balaban J connectivity index is 1.32. The lowest BCUT2D eigenvalue weighted by molar-refractivity contribution is 0.114. The molecule has 212 valence electrons. The molecule has 0 spiro atoms. The molecule has 2 aromatic heterocycles. The highest BCUT2D eigenvalue weighted by atomic mass is 35.5. The second-order valence-corrected chi connectivity index (χ2v) is 11.2. The van der Waals surface area contributed by atoms with Gasteiger partial charge in [-0.05, 0) is 77.7 Å². The van der Waals surface area contributed by atoms with Gasteiger partial charge in [0.05, 0.1) is 41.6 Å². The molecule has 42 heavy (non-hydrogen) atoms. The summed E-state index contributed by atoms with van der Waals surface area (Å²) in [5, 5.41) is 24.6. The summed E-state index contributed by atoms with van der Waals surface area (Å²) >= 11 is 6.56. The van der Waals surface area contributed by atoms with Gasteiger partial charge in [-0.2, -0.15) is 5.26 Å². The molecule has 0 unspecified atom stereocenters. The van der Waals surface area contributed by atoms with Gasteiger partial charge in [-0.15, -0.1) is 0 Å². The molecule has 2 N–H and O–H groups in total. The molecular weight excluding hydrogens is 550 g/mol. The van der Waals surface area contributed by atoms with Crippen molar-refractivity contribution >= 4 is 35.0 Å². The summed E-state index contributed by atoms with van der Waals surface area (Å²) in [5.41, 5.74) is 4.81. The Morgan fingerprint density at radius 3 is 2.60 bits per heavy atom. The Bertz CT molecular complexity index is 1710. The molecule has 6 rings (SSSR count). The van der Waals surface area contributed by atoms with E-state index in [4.69, 9.17) is 21.8 Å². The molecule has 1 fully saturated rings. The lowest BCUT2D eigenvalue weighted by Crippen LogP contribution is -2.51. The molecule has 2 atom stereocenters. The van der Waals surface area contributed by atoms with Crippen LogP contribution in [0.5, 0.6) is 0 Å². The molecule has 0 saturated carbocycles. The molecule has 0 bridgehead atoms. The Morgan fingerprint density at radius 2 is 1.90 bits per heavy atom. The molecule has 2 aromatic carbocycles. The quantitative estimate of drug-likeness (QED) is 0.350. The number of aromatic nitrogens is 3. The van der Waals surface area contributed by atoms with Gasteiger partial charge >= 0.3 is 6.03 Å². The van der Waals surface area contributed by atoms with Crippen LogP contribution in [0.3, 0.4) is 0 Å². The number of hydrogen-bond donors (Lipinski definition) is 2. The normalized spacial score (nSPS) is 18.1. The maximum absolute atomic E-state index is 13.0. The van der Waals surface area contributed by atoms with E-state index in [0.717, 1.165) is 22.4 Å². The van der Waals surface area contributed by atoms with Gasteiger partial charge in [-0.3, -0.25) is 9.88 Å². The van der Waals surface area contributed by atoms with Crippen molar-refractivity contribution in [1.82, 2.24) is 24.3 Å². The van der Waals surface area contributed by atoms with Crippen molar-refractivity contribution in [2.45, 2.75) is 18.6 Å². The van der Waals surface area contributed by atoms with Crippen LogP contribution in [-0.4, -0.2) is 61.7 Å². The van der Waals surface area contributed by atoms with Gasteiger partial charge in [0.25, 0.3) is 0 Å². The number of rotatable bonds is 4. The van der Waals surface area contributed by atoms with Crippen molar-refractivity contribution in [3.8, 4) is 6.07 Å². The minimum absolute atomic E-state index is 0.179. The van der Waals surface area contributed by atoms with Crippen molar-refractivity contribution in [1.29, 1.82) is 5.26 Å². The first kappa shape index (κ1) is 27.7. The molecular formula is C32H30ClN7O2. The Labute approximate surface area is 249 Å². The van der Waals surface area contributed by atoms with E-state index < -0.39 is 5.60 Å². The molecule has 3 heterocycles. The number of piperazine rings is 1. The van der Waals surface area contributed by atoms with Crippen molar-refractivity contribution < 1.29 is 9.90 Å². The fourth-order valence-electron chi connectivity index (χ4n) is 5.91. The van der Waals surface area contributed by atoms with Crippen molar-refractivity contribution in [2.75, 3.05) is 31.5 Å². The highest BCUT2D eigenvalue weighted by molar-refractivity contribution is 6.30. The highest BCUT2D eigenvalue weighted by Gasteiger charge is 2.39. The largest absolute Gasteiger partial charge is 0.379 e. The number of nitrogens with zero attached hydrogens (tertiary/aromatic N) is 6. The van der Waals surface area contributed by atoms with E-state index in [1.54, 1.807) is 54.8 Å². The van der Waals surface area contributed by atoms with Gasteiger partial charge in [0.1, 0.15) is 5.60 Å². The summed E-state index contributed by atoms with van der Waals surface area (Å²) in [4.78, 5) is 26.3. The monoisotopic (exact) mass is 579 g/mol. The molecule has 10 heteroatoms. The highest BCUT2D eigenvalue weighted by Crippen LogP contribution is 2.46. The molecule has 4 aromatic rings. The van der Waals surface area contributed by atoms with Gasteiger partial charge in [-0.25, -0.2) is 9.78 Å². The number of pyridine rings is 1. The summed E-state index contributed by atoms with van der Waals surface area (Å²) < 4.78 is 1.82. The molecule has 2 amide bonds. The van der Waals surface area contributed by atoms with E-state index in [0.29, 0.717) is 53.7 Å². The van der Waals surface area contributed by atoms with Crippen LogP contribution in [0.2, 0.25) is 5.02 Å². The minimum Gasteiger partial charge on any atom is -0.379 e. The first-order valence-corrected chi connectivity index (χ1v) is 14.1. The zero-order valence-electron chi connectivity index (χ0n) is 23.3. The number of nitriles is 1. The van der Waals surface area contributed by atoms with Crippen molar-refractivity contribution in [2.24, 2.45) is 7.05 Å². The van der Waals surface area contributed by atoms with Crippen LogP contribution in [-0.2, 0) is 12.6 Å². The van der Waals surface area contributed by atoms with Gasteiger partial charge < -0.3 is 19.9 Å². The number of nitrogens with one attached hydrogen (secondary N) is 1. The molecule has 1 saturated heterocycles. The zero-order chi connectivity index (χ0) is 29.4. The van der Waals surface area contributed by atoms with Crippen LogP contribution in [0.15, 0.2) is 73.3 Å². The predicted molar refractivity (Wildman–Crippen MR) is 162 cm³/mol. The summed E-state index contributed by atoms with van der Waals surface area (Å²) in [6.45, 7) is 4.07. The number of carbonyl (C=O) groups is 1. The van der Waals surface area contributed by atoms with Gasteiger partial charge in [-0.1, -0.05) is 23.7 Å². The standard InChI is InChI=1S/C32H30ClN7O2/c1-32(42,28-19-35-20-38(28)2)27-16-22-4-3-11-36-29(22)30(25-10-7-23(33)17-26(25)27)39-12-14-40(15-13-39)31(41)37-24-8-5-21(18-34)6-9-24/h3-11,16-17,19-20,30,42H,12-15H2,1-2H3,(H,37,41)/t30-,32-/m0/s1. The third-order valence-electron chi connectivity index (χ3n) is 8.10. The van der Waals surface area contributed by atoms with E-state index in [9.17, 15) is 9.90 Å². The molecule has 9 nitrogen and oxygen atoms in total. The van der Waals surface area contributed by atoms with E-state index in [-0.39, 0.29) is 12.1 Å². The van der Waals surface area contributed by atoms with E-state index in [1.807, 2.05) is 48.0 Å². The van der Waals surface area contributed by atoms with Crippen LogP contribution in [0.4, 0.5) is 10.5 Å². The molecule has 0 radical (unpaired) electrons. The number of urea groups is 1. The van der Waals surface area contributed by atoms with Crippen molar-refractivity contribution in [3.63, 3.8) is 0 Å². The third kappa shape index (κ3) is 5.05. The van der Waals surface area contributed by atoms with Gasteiger partial charge in [0.15, 0.2) is 0 Å². The number of carbonyl (C=O) groups excluding carboxylic acids is 1. The Hall–Kier alpha value is -4.49. The summed E-state index contributed by atoms with van der Waals surface area (Å²) in [6.07, 6.45) is 7.15. The minimum atomic E-state index is -1.37. The van der Waals surface area contributed by atoms with Crippen LogP contribution < -0.4 is 5.32 Å². The number of hydrogen-bond acceptors (Lipinski definition) is 6. The lowest BCUT2D eigenvalue weighted by Gasteiger charge is -2.40. The molecule has 2 aliphatic rings. The summed E-state index contributed by atoms with van der Waals surface area (Å²) in [5.74, 6) is 0. The average Bonchev–Trinajstić information content (AvgIpc) is 3.38. The van der Waals surface area contributed by atoms with Crippen LogP contribution in [0.25, 0.3) is 11.6 Å². The fraction of sp³-hybridized carbons (Fsp3) is 0.250. The van der Waals surface area contributed by atoms with Crippen LogP contribution >= 0.6 is 11.6 Å². The van der Waals surface area contributed by atoms with Crippen LogP contribution in [0, 0.1) is 11.3 Å². The predicted octanol–water partition coefficient (Wildman–Crippen LogP) is 5.04. The number of imidazole rings is 1. The number of aryl methyl sites for hydroxylation is 1. The topological polar surface area (TPSA) is 110 Å². The Kier molecular flexibility index (Phi) is 7.29. The number of benzene rings is 2. The van der Waals surface area contributed by atoms with Crippen LogP contribution in [0.1, 0.15) is 46.6 Å². The first-order chi connectivity index (χ1) is 20.3. The van der Waals surface area contributed by atoms with Crippen molar-refractivity contribution in [3.05, 3.63) is 112 Å². The molecule has 1 aliphatic heterocycles. The second kappa shape index (κ2) is 11.1. The summed E-state index contributed by atoms with van der Waals surface area (Å²) in [6, 6.07) is 18.2. The Morgan fingerprint density at radius 1 is 1.14 bits per heavy atom. The average molecular weight is 580 g/mol. The van der Waals surface area contributed by atoms with Gasteiger partial charge in [0, 0.05) is 50.1 Å². The zero-order valence-corrected chi connectivity index (χ0v) is 24.1. The van der Waals surface area contributed by atoms with E-state index in [2.05, 4.69) is 21.3 Å². The van der Waals surface area contributed by atoms with Gasteiger partial charge in [0.2, 0.25) is 0 Å². The number of halogens is 1. The maximum Gasteiger partial charge on any atom is 0.321 e.